The third-order valence-electron chi connectivity index (χ3n) is 2.64. The highest BCUT2D eigenvalue weighted by Crippen LogP contribution is 2.15. The van der Waals surface area contributed by atoms with E-state index in [9.17, 15) is 0 Å². The number of benzene rings is 2. The number of aryl methyl sites for hydroxylation is 1. The highest BCUT2D eigenvalue weighted by molar-refractivity contribution is 9.10. The average Bonchev–Trinajstić information content (AvgIpc) is 2.36. The zero-order valence-electron chi connectivity index (χ0n) is 9.70. The van der Waals surface area contributed by atoms with Gasteiger partial charge in [0.05, 0.1) is 0 Å². The maximum absolute atomic E-state index is 3.47. The number of rotatable bonds is 5. The topological polar surface area (TPSA) is 12.0 Å². The predicted octanol–water partition coefficient (Wildman–Crippen LogP) is 4.49. The summed E-state index contributed by atoms with van der Waals surface area (Å²) in [6.45, 7) is 1.01. The van der Waals surface area contributed by atoms with E-state index < -0.39 is 0 Å². The molecule has 0 radical (unpaired) electrons. The molecule has 0 spiro atoms. The van der Waals surface area contributed by atoms with Gasteiger partial charge in [0.2, 0.25) is 0 Å². The van der Waals surface area contributed by atoms with Crippen LogP contribution in [0.2, 0.25) is 0 Å². The van der Waals surface area contributed by atoms with E-state index in [1.165, 1.54) is 11.3 Å². The lowest BCUT2D eigenvalue weighted by atomic mass is 10.1. The largest absolute Gasteiger partial charge is 0.385 e. The summed E-state index contributed by atoms with van der Waals surface area (Å²) in [5.74, 6) is 0. The van der Waals surface area contributed by atoms with Gasteiger partial charge in [-0.2, -0.15) is 0 Å². The van der Waals surface area contributed by atoms with Crippen LogP contribution in [0.1, 0.15) is 12.0 Å². The summed E-state index contributed by atoms with van der Waals surface area (Å²) in [5, 5.41) is 3.43. The molecule has 0 unspecified atom stereocenters. The van der Waals surface area contributed by atoms with Gasteiger partial charge in [-0.1, -0.05) is 52.3 Å². The Morgan fingerprint density at radius 1 is 0.941 bits per heavy atom. The van der Waals surface area contributed by atoms with Gasteiger partial charge in [0.1, 0.15) is 0 Å². The van der Waals surface area contributed by atoms with Crippen molar-refractivity contribution >= 4 is 21.6 Å². The molecule has 0 aliphatic rings. The lowest BCUT2D eigenvalue weighted by Gasteiger charge is -2.06. The molecule has 0 aliphatic heterocycles. The summed E-state index contributed by atoms with van der Waals surface area (Å²) in [6.07, 6.45) is 2.28. The smallest absolute Gasteiger partial charge is 0.0351 e. The van der Waals surface area contributed by atoms with Gasteiger partial charge in [-0.25, -0.2) is 0 Å². The third kappa shape index (κ3) is 4.23. The van der Waals surface area contributed by atoms with E-state index >= 15 is 0 Å². The number of hydrogen-bond acceptors (Lipinski definition) is 1. The van der Waals surface area contributed by atoms with E-state index in [1.807, 2.05) is 12.1 Å². The average molecular weight is 290 g/mol. The summed E-state index contributed by atoms with van der Waals surface area (Å²) in [4.78, 5) is 0. The lowest BCUT2D eigenvalue weighted by molar-refractivity contribution is 0.863. The van der Waals surface area contributed by atoms with Crippen molar-refractivity contribution in [2.75, 3.05) is 11.9 Å². The van der Waals surface area contributed by atoms with Crippen LogP contribution in [0.3, 0.4) is 0 Å². The third-order valence-corrected chi connectivity index (χ3v) is 3.13. The van der Waals surface area contributed by atoms with E-state index in [2.05, 4.69) is 63.7 Å². The fourth-order valence-corrected chi connectivity index (χ4v) is 2.17. The minimum absolute atomic E-state index is 1.01. The van der Waals surface area contributed by atoms with Gasteiger partial charge in [0.15, 0.2) is 0 Å². The second-order valence-electron chi connectivity index (χ2n) is 4.03. The second-order valence-corrected chi connectivity index (χ2v) is 4.94. The molecule has 0 amide bonds. The number of hydrogen-bond donors (Lipinski definition) is 1. The van der Waals surface area contributed by atoms with Crippen molar-refractivity contribution in [3.63, 3.8) is 0 Å². The van der Waals surface area contributed by atoms with Crippen LogP contribution < -0.4 is 5.32 Å². The first-order valence-corrected chi connectivity index (χ1v) is 6.67. The zero-order chi connectivity index (χ0) is 11.9. The maximum Gasteiger partial charge on any atom is 0.0351 e. The molecule has 2 aromatic rings. The summed E-state index contributed by atoms with van der Waals surface area (Å²) in [6, 6.07) is 18.9. The first-order valence-electron chi connectivity index (χ1n) is 5.88. The van der Waals surface area contributed by atoms with Gasteiger partial charge >= 0.3 is 0 Å². The Morgan fingerprint density at radius 3 is 2.53 bits per heavy atom. The molecule has 88 valence electrons. The van der Waals surface area contributed by atoms with Crippen molar-refractivity contribution in [1.29, 1.82) is 0 Å². The van der Waals surface area contributed by atoms with Crippen LogP contribution in [0, 0.1) is 0 Å². The molecule has 0 aliphatic carbocycles. The molecule has 0 bridgehead atoms. The lowest BCUT2D eigenvalue weighted by Crippen LogP contribution is -2.02. The summed E-state index contributed by atoms with van der Waals surface area (Å²) in [7, 11) is 0. The van der Waals surface area contributed by atoms with Crippen LogP contribution in [0.25, 0.3) is 0 Å². The zero-order valence-corrected chi connectivity index (χ0v) is 11.3. The molecule has 1 N–H and O–H groups in total. The number of halogens is 1. The van der Waals surface area contributed by atoms with Gasteiger partial charge in [-0.05, 0) is 36.6 Å². The second kappa shape index (κ2) is 6.45. The monoisotopic (exact) mass is 289 g/mol. The van der Waals surface area contributed by atoms with Gasteiger partial charge in [-0.3, -0.25) is 0 Å². The standard InChI is InChI=1S/C15H16BrN/c16-14-9-4-10-15(12-14)17-11-5-8-13-6-2-1-3-7-13/h1-4,6-7,9-10,12,17H,5,8,11H2. The Bertz CT molecular complexity index is 453. The molecule has 2 aromatic carbocycles. The van der Waals surface area contributed by atoms with E-state index in [1.54, 1.807) is 0 Å². The molecule has 1 nitrogen and oxygen atoms in total. The minimum atomic E-state index is 1.01. The molecular formula is C15H16BrN. The molecular weight excluding hydrogens is 274 g/mol. The molecule has 0 heterocycles. The van der Waals surface area contributed by atoms with Crippen molar-refractivity contribution in [3.05, 3.63) is 64.6 Å². The van der Waals surface area contributed by atoms with Crippen LogP contribution in [-0.4, -0.2) is 6.54 Å². The Balaban J connectivity index is 1.73. The van der Waals surface area contributed by atoms with Gasteiger partial charge in [0.25, 0.3) is 0 Å². The highest BCUT2D eigenvalue weighted by atomic mass is 79.9. The van der Waals surface area contributed by atoms with Gasteiger partial charge in [-0.15, -0.1) is 0 Å². The van der Waals surface area contributed by atoms with Crippen molar-refractivity contribution < 1.29 is 0 Å². The molecule has 17 heavy (non-hydrogen) atoms. The van der Waals surface area contributed by atoms with Crippen molar-refractivity contribution in [2.45, 2.75) is 12.8 Å². The molecule has 0 fully saturated rings. The molecule has 2 rings (SSSR count). The first kappa shape index (κ1) is 12.2. The number of nitrogens with one attached hydrogen (secondary N) is 1. The van der Waals surface area contributed by atoms with Gasteiger partial charge < -0.3 is 5.32 Å². The molecule has 0 aromatic heterocycles. The van der Waals surface area contributed by atoms with E-state index in [4.69, 9.17) is 0 Å². The fourth-order valence-electron chi connectivity index (χ4n) is 1.77. The fraction of sp³-hybridized carbons (Fsp3) is 0.200. The summed E-state index contributed by atoms with van der Waals surface area (Å²) in [5.41, 5.74) is 2.58. The Labute approximate surface area is 111 Å². The van der Waals surface area contributed by atoms with Crippen LogP contribution >= 0.6 is 15.9 Å². The predicted molar refractivity (Wildman–Crippen MR) is 77.4 cm³/mol. The summed E-state index contributed by atoms with van der Waals surface area (Å²) >= 11 is 3.47. The SMILES string of the molecule is Brc1cccc(NCCCc2ccccc2)c1. The Morgan fingerprint density at radius 2 is 1.76 bits per heavy atom. The Kier molecular flexibility index (Phi) is 4.63. The van der Waals surface area contributed by atoms with Crippen molar-refractivity contribution in [2.24, 2.45) is 0 Å². The summed E-state index contributed by atoms with van der Waals surface area (Å²) < 4.78 is 1.12. The molecule has 0 saturated heterocycles. The van der Waals surface area contributed by atoms with Crippen LogP contribution in [0.4, 0.5) is 5.69 Å². The van der Waals surface area contributed by atoms with Crippen LogP contribution in [0.15, 0.2) is 59.1 Å². The highest BCUT2D eigenvalue weighted by Gasteiger charge is 1.94. The molecule has 0 saturated carbocycles. The number of anilines is 1. The van der Waals surface area contributed by atoms with Crippen LogP contribution in [-0.2, 0) is 6.42 Å². The van der Waals surface area contributed by atoms with Crippen molar-refractivity contribution in [3.8, 4) is 0 Å². The minimum Gasteiger partial charge on any atom is -0.385 e. The molecule has 0 atom stereocenters. The van der Waals surface area contributed by atoms with Crippen molar-refractivity contribution in [1.82, 2.24) is 0 Å². The van der Waals surface area contributed by atoms with Gasteiger partial charge in [0, 0.05) is 16.7 Å². The van der Waals surface area contributed by atoms with E-state index in [0.29, 0.717) is 0 Å². The van der Waals surface area contributed by atoms with Crippen LogP contribution in [0.5, 0.6) is 0 Å². The molecule has 2 heteroatoms. The quantitative estimate of drug-likeness (QED) is 0.800. The van der Waals surface area contributed by atoms with E-state index in [0.717, 1.165) is 23.9 Å². The maximum atomic E-state index is 3.47. The van der Waals surface area contributed by atoms with E-state index in [-0.39, 0.29) is 0 Å². The first-order chi connectivity index (χ1) is 8.34. The Hall–Kier alpha value is -1.28. The normalized spacial score (nSPS) is 10.2.